The summed E-state index contributed by atoms with van der Waals surface area (Å²) in [5, 5.41) is 0. The van der Waals surface area contributed by atoms with E-state index >= 15 is 0 Å². The number of rotatable bonds is 4. The third-order valence-electron chi connectivity index (χ3n) is 3.30. The molecule has 0 aliphatic carbocycles. The lowest BCUT2D eigenvalue weighted by atomic mass is 10.0. The van der Waals surface area contributed by atoms with Gasteiger partial charge in [0.25, 0.3) is 0 Å². The number of hydrogen-bond acceptors (Lipinski definition) is 2. The third-order valence-corrected chi connectivity index (χ3v) is 3.30. The molecular formula is C18H18F2NO2+. The van der Waals surface area contributed by atoms with Crippen LogP contribution in [0.15, 0.2) is 42.8 Å². The first-order valence-electron chi connectivity index (χ1n) is 7.21. The average Bonchev–Trinajstić information content (AvgIpc) is 2.48. The number of ether oxygens (including phenoxy) is 1. The number of nitrogens with zero attached hydrogens (tertiary/aromatic N) is 1. The van der Waals surface area contributed by atoms with Gasteiger partial charge in [-0.3, -0.25) is 4.79 Å². The lowest BCUT2D eigenvalue weighted by Crippen LogP contribution is -2.30. The van der Waals surface area contributed by atoms with Gasteiger partial charge in [-0.25, -0.2) is 13.3 Å². The molecule has 0 radical (unpaired) electrons. The van der Waals surface area contributed by atoms with Crippen LogP contribution in [0.3, 0.4) is 0 Å². The fraction of sp³-hybridized carbons (Fsp3) is 0.222. The second-order valence-electron chi connectivity index (χ2n) is 5.44. The summed E-state index contributed by atoms with van der Waals surface area (Å²) in [5.74, 6) is -2.07. The van der Waals surface area contributed by atoms with Crippen LogP contribution in [-0.4, -0.2) is 5.97 Å². The van der Waals surface area contributed by atoms with Crippen molar-refractivity contribution in [3.8, 4) is 11.3 Å². The highest BCUT2D eigenvalue weighted by molar-refractivity contribution is 5.75. The number of pyridine rings is 1. The zero-order chi connectivity index (χ0) is 17.0. The van der Waals surface area contributed by atoms with Crippen LogP contribution >= 0.6 is 0 Å². The molecule has 2 rings (SSSR count). The fourth-order valence-corrected chi connectivity index (χ4v) is 2.09. The minimum absolute atomic E-state index is 0.242. The maximum absolute atomic E-state index is 14.3. The normalized spacial score (nSPS) is 11.2. The van der Waals surface area contributed by atoms with E-state index in [4.69, 9.17) is 4.74 Å². The number of benzene rings is 1. The van der Waals surface area contributed by atoms with Crippen LogP contribution in [0.2, 0.25) is 0 Å². The third kappa shape index (κ3) is 4.00. The Morgan fingerprint density at radius 3 is 2.65 bits per heavy atom. The molecule has 0 N–H and O–H groups in total. The van der Waals surface area contributed by atoms with Gasteiger partial charge in [0.15, 0.2) is 6.20 Å². The first kappa shape index (κ1) is 16.8. The van der Waals surface area contributed by atoms with Gasteiger partial charge in [-0.1, -0.05) is 13.8 Å². The molecule has 0 atom stereocenters. The van der Waals surface area contributed by atoms with Crippen molar-refractivity contribution in [1.29, 1.82) is 0 Å². The molecule has 1 heterocycles. The summed E-state index contributed by atoms with van der Waals surface area (Å²) in [6.07, 6.45) is 4.31. The zero-order valence-electron chi connectivity index (χ0n) is 13.2. The summed E-state index contributed by atoms with van der Waals surface area (Å²) < 4.78 is 34.5. The minimum Gasteiger partial charge on any atom is -0.434 e. The van der Waals surface area contributed by atoms with Gasteiger partial charge in [-0.05, 0) is 23.8 Å². The van der Waals surface area contributed by atoms with Crippen LogP contribution in [0.1, 0.15) is 19.4 Å². The molecule has 3 nitrogen and oxygen atoms in total. The predicted molar refractivity (Wildman–Crippen MR) is 82.9 cm³/mol. The Morgan fingerprint density at radius 2 is 2.00 bits per heavy atom. The Balaban J connectivity index is 2.45. The van der Waals surface area contributed by atoms with Gasteiger partial charge in [0.05, 0.1) is 17.7 Å². The summed E-state index contributed by atoms with van der Waals surface area (Å²) in [4.78, 5) is 11.5. The van der Waals surface area contributed by atoms with Crippen LogP contribution in [0.5, 0.6) is 0 Å². The summed E-state index contributed by atoms with van der Waals surface area (Å²) in [6.45, 7) is 3.40. The number of carbonyl (C=O) groups is 1. The smallest absolute Gasteiger partial charge is 0.313 e. The fourth-order valence-electron chi connectivity index (χ4n) is 2.09. The first-order valence-corrected chi connectivity index (χ1v) is 7.21. The van der Waals surface area contributed by atoms with E-state index in [9.17, 15) is 13.6 Å². The number of aryl methyl sites for hydroxylation is 1. The summed E-state index contributed by atoms with van der Waals surface area (Å²) in [7, 11) is 1.77. The first-order chi connectivity index (χ1) is 10.9. The quantitative estimate of drug-likeness (QED) is 0.489. The van der Waals surface area contributed by atoms with Gasteiger partial charge in [0.1, 0.15) is 18.7 Å². The molecule has 120 valence electrons. The van der Waals surface area contributed by atoms with Crippen molar-refractivity contribution in [3.05, 3.63) is 60.0 Å². The standard InChI is InChI=1S/C18H18F2NO2/c1-12(2)18(22)23-9-7-13-10-14(19)11-15(20)17(13)16-6-4-5-8-21(16)3/h4-12H,1-3H3/q+1. The van der Waals surface area contributed by atoms with E-state index in [0.717, 1.165) is 12.3 Å². The van der Waals surface area contributed by atoms with Crippen molar-refractivity contribution < 1.29 is 22.9 Å². The number of halogens is 2. The van der Waals surface area contributed by atoms with Gasteiger partial charge in [-0.15, -0.1) is 0 Å². The Bertz CT molecular complexity index is 755. The topological polar surface area (TPSA) is 30.2 Å². The van der Waals surface area contributed by atoms with Gasteiger partial charge in [-0.2, -0.15) is 0 Å². The molecule has 1 aromatic heterocycles. The summed E-state index contributed by atoms with van der Waals surface area (Å²) in [5.41, 5.74) is 1.12. The van der Waals surface area contributed by atoms with E-state index in [-0.39, 0.29) is 11.5 Å². The molecule has 0 saturated carbocycles. The number of aromatic nitrogens is 1. The Kier molecular flexibility index (Phi) is 5.21. The molecule has 0 unspecified atom stereocenters. The van der Waals surface area contributed by atoms with Crippen LogP contribution in [0, 0.1) is 17.6 Å². The van der Waals surface area contributed by atoms with E-state index in [1.807, 2.05) is 6.07 Å². The maximum Gasteiger partial charge on any atom is 0.313 e. The summed E-state index contributed by atoms with van der Waals surface area (Å²) in [6, 6.07) is 7.34. The lowest BCUT2D eigenvalue weighted by Gasteiger charge is -2.07. The maximum atomic E-state index is 14.3. The molecule has 0 fully saturated rings. The van der Waals surface area contributed by atoms with Gasteiger partial charge in [0.2, 0.25) is 5.69 Å². The number of esters is 1. The van der Waals surface area contributed by atoms with Crippen molar-refractivity contribution in [2.45, 2.75) is 13.8 Å². The largest absolute Gasteiger partial charge is 0.434 e. The van der Waals surface area contributed by atoms with Gasteiger partial charge < -0.3 is 4.74 Å². The second kappa shape index (κ2) is 7.13. The number of carbonyl (C=O) groups excluding carboxylic acids is 1. The molecule has 5 heteroatoms. The van der Waals surface area contributed by atoms with E-state index < -0.39 is 17.6 Å². The average molecular weight is 318 g/mol. The molecule has 0 spiro atoms. The van der Waals surface area contributed by atoms with Crippen molar-refractivity contribution in [2.75, 3.05) is 0 Å². The molecular weight excluding hydrogens is 300 g/mol. The van der Waals surface area contributed by atoms with Crippen LogP contribution in [-0.2, 0) is 16.6 Å². The van der Waals surface area contributed by atoms with Crippen molar-refractivity contribution >= 4 is 12.0 Å². The van der Waals surface area contributed by atoms with E-state index in [1.54, 1.807) is 43.8 Å². The highest BCUT2D eigenvalue weighted by Gasteiger charge is 2.19. The van der Waals surface area contributed by atoms with Crippen molar-refractivity contribution in [1.82, 2.24) is 0 Å². The monoisotopic (exact) mass is 318 g/mol. The van der Waals surface area contributed by atoms with Crippen LogP contribution < -0.4 is 4.57 Å². The van der Waals surface area contributed by atoms with Gasteiger partial charge >= 0.3 is 5.97 Å². The molecule has 0 amide bonds. The van der Waals surface area contributed by atoms with E-state index in [0.29, 0.717) is 11.3 Å². The molecule has 23 heavy (non-hydrogen) atoms. The molecule has 0 saturated heterocycles. The van der Waals surface area contributed by atoms with E-state index in [2.05, 4.69) is 0 Å². The second-order valence-corrected chi connectivity index (χ2v) is 5.44. The Morgan fingerprint density at radius 1 is 1.26 bits per heavy atom. The SMILES string of the molecule is CC(C)C(=O)OC=Cc1cc(F)cc(F)c1-c1cccc[n+]1C. The predicted octanol–water partition coefficient (Wildman–Crippen LogP) is 3.63. The highest BCUT2D eigenvalue weighted by Crippen LogP contribution is 2.26. The molecule has 0 aliphatic heterocycles. The molecule has 0 bridgehead atoms. The van der Waals surface area contributed by atoms with Gasteiger partial charge in [0, 0.05) is 18.2 Å². The minimum atomic E-state index is -0.695. The van der Waals surface area contributed by atoms with Crippen LogP contribution in [0.4, 0.5) is 8.78 Å². The molecule has 0 aliphatic rings. The zero-order valence-corrected chi connectivity index (χ0v) is 13.2. The van der Waals surface area contributed by atoms with E-state index in [1.165, 1.54) is 12.1 Å². The van der Waals surface area contributed by atoms with Crippen LogP contribution in [0.25, 0.3) is 17.3 Å². The Hall–Kier alpha value is -2.56. The molecule has 2 aromatic rings. The Labute approximate surface area is 133 Å². The lowest BCUT2D eigenvalue weighted by molar-refractivity contribution is -0.660. The van der Waals surface area contributed by atoms with Crippen molar-refractivity contribution in [2.24, 2.45) is 13.0 Å². The number of hydrogen-bond donors (Lipinski definition) is 0. The highest BCUT2D eigenvalue weighted by atomic mass is 19.1. The summed E-state index contributed by atoms with van der Waals surface area (Å²) >= 11 is 0. The molecule has 1 aromatic carbocycles. The van der Waals surface area contributed by atoms with Crippen molar-refractivity contribution in [3.63, 3.8) is 0 Å².